The summed E-state index contributed by atoms with van der Waals surface area (Å²) in [5.74, 6) is 5.11. The zero-order valence-electron chi connectivity index (χ0n) is 22.8. The van der Waals surface area contributed by atoms with Crippen molar-refractivity contribution in [3.63, 3.8) is 0 Å². The Labute approximate surface area is 239 Å². The first-order valence-electron chi connectivity index (χ1n) is 13.5. The number of nitrogens with zero attached hydrogens (tertiary/aromatic N) is 1. The molecular formula is C32H34N4O5. The molecule has 0 bridgehead atoms. The van der Waals surface area contributed by atoms with Gasteiger partial charge in [0.1, 0.15) is 6.04 Å². The lowest BCUT2D eigenvalue weighted by atomic mass is 9.89. The summed E-state index contributed by atoms with van der Waals surface area (Å²) in [6.07, 6.45) is 0.903. The first-order chi connectivity index (χ1) is 19.8. The lowest BCUT2D eigenvalue weighted by molar-refractivity contribution is -0.133. The van der Waals surface area contributed by atoms with Crippen LogP contribution in [0.5, 0.6) is 0 Å². The number of aliphatic hydroxyl groups is 1. The Kier molecular flexibility index (Phi) is 10.2. The van der Waals surface area contributed by atoms with E-state index in [0.717, 1.165) is 31.5 Å². The van der Waals surface area contributed by atoms with E-state index in [9.17, 15) is 19.5 Å². The van der Waals surface area contributed by atoms with Crippen LogP contribution in [0, 0.1) is 11.8 Å². The van der Waals surface area contributed by atoms with Gasteiger partial charge in [-0.1, -0.05) is 42.2 Å². The summed E-state index contributed by atoms with van der Waals surface area (Å²) in [5, 5.41) is 23.8. The number of nitrogens with one attached hydrogen (secondary N) is 3. The van der Waals surface area contributed by atoms with Gasteiger partial charge in [-0.25, -0.2) is 5.48 Å². The number of aliphatic hydroxyl groups excluding tert-OH is 1. The van der Waals surface area contributed by atoms with Crippen LogP contribution in [0.25, 0.3) is 0 Å². The SMILES string of the molecule is C[C@@H](O)[C@H](NC(=O)c1ccc(C#Cc2ccc(NC(=O)CN3CCC(c4ccccc4)CC3)cc2)cc1)C(=O)NO. The van der Waals surface area contributed by atoms with Crippen LogP contribution in [0.1, 0.15) is 52.7 Å². The monoisotopic (exact) mass is 554 g/mol. The highest BCUT2D eigenvalue weighted by Crippen LogP contribution is 2.27. The van der Waals surface area contributed by atoms with Gasteiger partial charge in [0.15, 0.2) is 0 Å². The first kappa shape index (κ1) is 29.5. The standard InChI is InChI=1S/C32H34N4O5/c1-22(37)30(32(40)35-41)34-31(39)27-13-9-23(10-14-27)7-8-24-11-15-28(16-12-24)33-29(38)21-36-19-17-26(18-20-36)25-5-3-2-4-6-25/h2-6,9-16,22,26,30,37,41H,17-21H2,1H3,(H,33,38)(H,34,39)(H,35,40)/t22-,30+/m1/s1. The molecule has 5 N–H and O–H groups in total. The molecule has 0 unspecified atom stereocenters. The zero-order valence-corrected chi connectivity index (χ0v) is 22.8. The van der Waals surface area contributed by atoms with E-state index in [1.54, 1.807) is 24.3 Å². The fourth-order valence-corrected chi connectivity index (χ4v) is 4.74. The molecule has 0 aliphatic carbocycles. The third-order valence-electron chi connectivity index (χ3n) is 7.05. The molecule has 0 spiro atoms. The van der Waals surface area contributed by atoms with E-state index < -0.39 is 24.0 Å². The quantitative estimate of drug-likeness (QED) is 0.165. The summed E-state index contributed by atoms with van der Waals surface area (Å²) in [4.78, 5) is 38.8. The summed E-state index contributed by atoms with van der Waals surface area (Å²) < 4.78 is 0. The predicted molar refractivity (Wildman–Crippen MR) is 155 cm³/mol. The summed E-state index contributed by atoms with van der Waals surface area (Å²) in [6, 6.07) is 23.0. The second kappa shape index (κ2) is 14.2. The Morgan fingerprint density at radius 1 is 0.902 bits per heavy atom. The van der Waals surface area contributed by atoms with Crippen LogP contribution in [0.3, 0.4) is 0 Å². The number of hydrogen-bond acceptors (Lipinski definition) is 6. The normalized spacial score (nSPS) is 15.1. The Morgan fingerprint density at radius 3 is 2.05 bits per heavy atom. The summed E-state index contributed by atoms with van der Waals surface area (Å²) in [6.45, 7) is 3.49. The topological polar surface area (TPSA) is 131 Å². The maximum atomic E-state index is 12.6. The lowest BCUT2D eigenvalue weighted by Crippen LogP contribution is -2.51. The highest BCUT2D eigenvalue weighted by Gasteiger charge is 2.26. The van der Waals surface area contributed by atoms with Crippen LogP contribution in [0.2, 0.25) is 0 Å². The fraction of sp³-hybridized carbons (Fsp3) is 0.281. The predicted octanol–water partition coefficient (Wildman–Crippen LogP) is 2.89. The molecule has 212 valence electrons. The summed E-state index contributed by atoms with van der Waals surface area (Å²) in [5.41, 5.74) is 5.22. The molecule has 2 atom stereocenters. The second-order valence-corrected chi connectivity index (χ2v) is 10.1. The number of likely N-dealkylation sites (tertiary alicyclic amines) is 1. The van der Waals surface area contributed by atoms with Crippen LogP contribution in [0.4, 0.5) is 5.69 Å². The van der Waals surface area contributed by atoms with Crippen molar-refractivity contribution in [1.82, 2.24) is 15.7 Å². The minimum Gasteiger partial charge on any atom is -0.391 e. The van der Waals surface area contributed by atoms with Crippen molar-refractivity contribution in [1.29, 1.82) is 0 Å². The van der Waals surface area contributed by atoms with Crippen LogP contribution < -0.4 is 16.1 Å². The number of benzene rings is 3. The molecule has 1 aliphatic heterocycles. The zero-order chi connectivity index (χ0) is 29.2. The van der Waals surface area contributed by atoms with Gasteiger partial charge in [-0.15, -0.1) is 0 Å². The first-order valence-corrected chi connectivity index (χ1v) is 13.5. The fourth-order valence-electron chi connectivity index (χ4n) is 4.74. The van der Waals surface area contributed by atoms with E-state index in [2.05, 4.69) is 51.6 Å². The van der Waals surface area contributed by atoms with E-state index in [1.165, 1.54) is 18.0 Å². The van der Waals surface area contributed by atoms with Gasteiger partial charge >= 0.3 is 0 Å². The molecule has 9 heteroatoms. The highest BCUT2D eigenvalue weighted by molar-refractivity contribution is 5.97. The third kappa shape index (κ3) is 8.50. The van der Waals surface area contributed by atoms with Crippen molar-refractivity contribution < 1.29 is 24.7 Å². The molecular weight excluding hydrogens is 520 g/mol. The van der Waals surface area contributed by atoms with E-state index >= 15 is 0 Å². The molecule has 0 radical (unpaired) electrons. The Morgan fingerprint density at radius 2 is 1.49 bits per heavy atom. The molecule has 1 aliphatic rings. The van der Waals surface area contributed by atoms with Crippen molar-refractivity contribution in [3.8, 4) is 11.8 Å². The number of anilines is 1. The van der Waals surface area contributed by atoms with Gasteiger partial charge in [0.25, 0.3) is 11.8 Å². The minimum atomic E-state index is -1.29. The van der Waals surface area contributed by atoms with Gasteiger partial charge in [0.05, 0.1) is 12.6 Å². The molecule has 41 heavy (non-hydrogen) atoms. The Hall–Kier alpha value is -4.49. The van der Waals surface area contributed by atoms with Crippen LogP contribution in [0.15, 0.2) is 78.9 Å². The van der Waals surface area contributed by atoms with Gasteiger partial charge in [-0.2, -0.15) is 0 Å². The van der Waals surface area contributed by atoms with Gasteiger partial charge in [0, 0.05) is 22.4 Å². The molecule has 0 aromatic heterocycles. The van der Waals surface area contributed by atoms with Crippen molar-refractivity contribution in [2.45, 2.75) is 37.8 Å². The molecule has 1 fully saturated rings. The van der Waals surface area contributed by atoms with E-state index in [1.807, 2.05) is 30.3 Å². The second-order valence-electron chi connectivity index (χ2n) is 10.1. The van der Waals surface area contributed by atoms with Crippen LogP contribution >= 0.6 is 0 Å². The summed E-state index contributed by atoms with van der Waals surface area (Å²) >= 11 is 0. The van der Waals surface area contributed by atoms with Gasteiger partial charge < -0.3 is 15.7 Å². The smallest absolute Gasteiger partial charge is 0.268 e. The highest BCUT2D eigenvalue weighted by atomic mass is 16.5. The van der Waals surface area contributed by atoms with Crippen LogP contribution in [-0.4, -0.2) is 64.7 Å². The minimum absolute atomic E-state index is 0.0390. The van der Waals surface area contributed by atoms with Crippen molar-refractivity contribution in [2.24, 2.45) is 0 Å². The van der Waals surface area contributed by atoms with Crippen molar-refractivity contribution in [2.75, 3.05) is 25.0 Å². The molecule has 0 saturated carbocycles. The van der Waals surface area contributed by atoms with E-state index in [0.29, 0.717) is 23.7 Å². The molecule has 3 amide bonds. The molecule has 1 heterocycles. The van der Waals surface area contributed by atoms with Gasteiger partial charge in [0.2, 0.25) is 5.91 Å². The maximum Gasteiger partial charge on any atom is 0.268 e. The lowest BCUT2D eigenvalue weighted by Gasteiger charge is -2.31. The molecule has 3 aromatic carbocycles. The number of rotatable bonds is 8. The average molecular weight is 555 g/mol. The Bertz CT molecular complexity index is 1390. The van der Waals surface area contributed by atoms with Gasteiger partial charge in [-0.3, -0.25) is 24.5 Å². The number of hydrogen-bond donors (Lipinski definition) is 5. The molecule has 9 nitrogen and oxygen atoms in total. The maximum absolute atomic E-state index is 12.6. The summed E-state index contributed by atoms with van der Waals surface area (Å²) in [7, 11) is 0. The number of amides is 3. The molecule has 1 saturated heterocycles. The molecule has 4 rings (SSSR count). The van der Waals surface area contributed by atoms with E-state index in [-0.39, 0.29) is 11.5 Å². The van der Waals surface area contributed by atoms with Crippen molar-refractivity contribution in [3.05, 3.63) is 101 Å². The number of carbonyl (C=O) groups excluding carboxylic acids is 3. The largest absolute Gasteiger partial charge is 0.391 e. The average Bonchev–Trinajstić information content (AvgIpc) is 3.00. The number of piperidine rings is 1. The van der Waals surface area contributed by atoms with Gasteiger partial charge in [-0.05, 0) is 92.9 Å². The van der Waals surface area contributed by atoms with E-state index in [4.69, 9.17) is 5.21 Å². The molecule has 3 aromatic rings. The number of hydroxylamine groups is 1. The number of carbonyl (C=O) groups is 3. The Balaban J connectivity index is 1.25. The third-order valence-corrected chi connectivity index (χ3v) is 7.05. The van der Waals surface area contributed by atoms with Crippen LogP contribution in [-0.2, 0) is 9.59 Å². The van der Waals surface area contributed by atoms with Crippen molar-refractivity contribution >= 4 is 23.4 Å².